The number of hydrogen-bond donors (Lipinski definition) is 2. The van der Waals surface area contributed by atoms with Crippen molar-refractivity contribution in [2.45, 2.75) is 24.0 Å². The Morgan fingerprint density at radius 2 is 1.90 bits per heavy atom. The molecular formula is C14H17NO3S2. The number of carbonyl (C=O) groups is 2. The van der Waals surface area contributed by atoms with Crippen LogP contribution in [0.25, 0.3) is 0 Å². The minimum Gasteiger partial charge on any atom is -0.480 e. The molecule has 1 amide bonds. The Balaban J connectivity index is 2.01. The number of nitrogens with one attached hydrogen (secondary N) is 1. The van der Waals surface area contributed by atoms with Gasteiger partial charge in [-0.25, -0.2) is 4.79 Å². The van der Waals surface area contributed by atoms with Crippen LogP contribution in [0.2, 0.25) is 0 Å². The molecule has 1 unspecified atom stereocenters. The first-order valence-electron chi connectivity index (χ1n) is 6.48. The molecular weight excluding hydrogens is 294 g/mol. The second kappa shape index (κ2) is 7.04. The number of carboxylic acids is 1. The summed E-state index contributed by atoms with van der Waals surface area (Å²) in [5.41, 5.74) is 1.71. The molecule has 1 saturated heterocycles. The van der Waals surface area contributed by atoms with Crippen LogP contribution in [-0.2, 0) is 4.79 Å². The summed E-state index contributed by atoms with van der Waals surface area (Å²) in [7, 11) is 0. The Kier molecular flexibility index (Phi) is 5.37. The van der Waals surface area contributed by atoms with Gasteiger partial charge < -0.3 is 10.4 Å². The number of hydrogen-bond acceptors (Lipinski definition) is 4. The summed E-state index contributed by atoms with van der Waals surface area (Å²) in [5, 5.41) is 11.5. The van der Waals surface area contributed by atoms with Crippen molar-refractivity contribution < 1.29 is 14.7 Å². The van der Waals surface area contributed by atoms with Crippen LogP contribution in [0, 0.1) is 0 Å². The molecule has 0 radical (unpaired) electrons. The predicted molar refractivity (Wildman–Crippen MR) is 83.3 cm³/mol. The summed E-state index contributed by atoms with van der Waals surface area (Å²) in [4.78, 5) is 22.9. The molecule has 0 aromatic heterocycles. The van der Waals surface area contributed by atoms with E-state index in [1.165, 1.54) is 5.56 Å². The fraction of sp³-hybridized carbons (Fsp3) is 0.429. The maximum absolute atomic E-state index is 12.0. The molecule has 4 nitrogen and oxygen atoms in total. The van der Waals surface area contributed by atoms with Gasteiger partial charge in [0.2, 0.25) is 0 Å². The van der Waals surface area contributed by atoms with Crippen LogP contribution < -0.4 is 5.32 Å². The Morgan fingerprint density at radius 1 is 1.30 bits per heavy atom. The molecule has 2 N–H and O–H groups in total. The van der Waals surface area contributed by atoms with Crippen LogP contribution in [0.15, 0.2) is 24.3 Å². The van der Waals surface area contributed by atoms with Crippen molar-refractivity contribution in [3.63, 3.8) is 0 Å². The van der Waals surface area contributed by atoms with Gasteiger partial charge in [0.05, 0.1) is 4.58 Å². The highest BCUT2D eigenvalue weighted by molar-refractivity contribution is 8.19. The average molecular weight is 311 g/mol. The van der Waals surface area contributed by atoms with E-state index in [1.54, 1.807) is 19.1 Å². The van der Waals surface area contributed by atoms with Crippen molar-refractivity contribution in [2.24, 2.45) is 0 Å². The molecule has 0 saturated carbocycles. The zero-order valence-electron chi connectivity index (χ0n) is 11.2. The maximum atomic E-state index is 12.0. The fourth-order valence-corrected chi connectivity index (χ4v) is 4.78. The van der Waals surface area contributed by atoms with Crippen molar-refractivity contribution in [3.8, 4) is 0 Å². The minimum absolute atomic E-state index is 0.336. The Hall–Kier alpha value is -1.14. The number of aliphatic carboxylic acids is 1. The van der Waals surface area contributed by atoms with Gasteiger partial charge in [0, 0.05) is 17.1 Å². The van der Waals surface area contributed by atoms with E-state index < -0.39 is 12.0 Å². The number of benzene rings is 1. The molecule has 20 heavy (non-hydrogen) atoms. The summed E-state index contributed by atoms with van der Waals surface area (Å²) in [5.74, 6) is 0.983. The third-order valence-electron chi connectivity index (χ3n) is 3.08. The van der Waals surface area contributed by atoms with E-state index in [4.69, 9.17) is 5.11 Å². The normalized spacial score (nSPS) is 16.9. The van der Waals surface area contributed by atoms with Crippen molar-refractivity contribution in [1.29, 1.82) is 0 Å². The molecule has 1 fully saturated rings. The predicted octanol–water partition coefficient (Wildman–Crippen LogP) is 2.76. The van der Waals surface area contributed by atoms with Gasteiger partial charge in [-0.2, -0.15) is 0 Å². The number of amides is 1. The van der Waals surface area contributed by atoms with Crippen molar-refractivity contribution in [1.82, 2.24) is 5.32 Å². The van der Waals surface area contributed by atoms with Gasteiger partial charge in [-0.15, -0.1) is 23.5 Å². The summed E-state index contributed by atoms with van der Waals surface area (Å²) in [6.45, 7) is 1.73. The SMILES string of the molecule is CCC(NC(=O)c1ccc(C2SCCS2)cc1)C(=O)O. The van der Waals surface area contributed by atoms with Gasteiger partial charge in [-0.05, 0) is 24.1 Å². The molecule has 1 aromatic rings. The zero-order chi connectivity index (χ0) is 14.5. The first-order valence-corrected chi connectivity index (χ1v) is 8.58. The lowest BCUT2D eigenvalue weighted by molar-refractivity contribution is -0.139. The van der Waals surface area contributed by atoms with Gasteiger partial charge in [-0.3, -0.25) is 4.79 Å². The van der Waals surface area contributed by atoms with Gasteiger partial charge >= 0.3 is 5.97 Å². The van der Waals surface area contributed by atoms with Gasteiger partial charge in [0.15, 0.2) is 0 Å². The summed E-state index contributed by atoms with van der Waals surface area (Å²) < 4.78 is 0.453. The average Bonchev–Trinajstić information content (AvgIpc) is 2.98. The molecule has 6 heteroatoms. The van der Waals surface area contributed by atoms with E-state index in [0.717, 1.165) is 11.5 Å². The van der Waals surface area contributed by atoms with Crippen LogP contribution >= 0.6 is 23.5 Å². The lowest BCUT2D eigenvalue weighted by Crippen LogP contribution is -2.40. The zero-order valence-corrected chi connectivity index (χ0v) is 12.8. The highest BCUT2D eigenvalue weighted by atomic mass is 32.2. The lowest BCUT2D eigenvalue weighted by Gasteiger charge is -2.13. The summed E-state index contributed by atoms with van der Waals surface area (Å²) in [6, 6.07) is 6.60. The highest BCUT2D eigenvalue weighted by Crippen LogP contribution is 2.45. The molecule has 1 heterocycles. The molecule has 0 bridgehead atoms. The number of carboxylic acid groups (broad SMARTS) is 1. The van der Waals surface area contributed by atoms with E-state index in [0.29, 0.717) is 16.6 Å². The topological polar surface area (TPSA) is 66.4 Å². The molecule has 2 rings (SSSR count). The van der Waals surface area contributed by atoms with Crippen LogP contribution in [0.3, 0.4) is 0 Å². The third-order valence-corrected chi connectivity index (χ3v) is 6.18. The largest absolute Gasteiger partial charge is 0.480 e. The summed E-state index contributed by atoms with van der Waals surface area (Å²) in [6.07, 6.45) is 0.370. The molecule has 0 spiro atoms. The van der Waals surface area contributed by atoms with Gasteiger partial charge in [-0.1, -0.05) is 19.1 Å². The highest BCUT2D eigenvalue weighted by Gasteiger charge is 2.20. The van der Waals surface area contributed by atoms with Crippen molar-refractivity contribution >= 4 is 35.4 Å². The van der Waals surface area contributed by atoms with Gasteiger partial charge in [0.25, 0.3) is 5.91 Å². The Morgan fingerprint density at radius 3 is 2.40 bits per heavy atom. The van der Waals surface area contributed by atoms with E-state index in [1.807, 2.05) is 35.7 Å². The smallest absolute Gasteiger partial charge is 0.326 e. The molecule has 1 aliphatic heterocycles. The Labute approximate surface area is 126 Å². The molecule has 108 valence electrons. The van der Waals surface area contributed by atoms with Gasteiger partial charge in [0.1, 0.15) is 6.04 Å². The van der Waals surface area contributed by atoms with Crippen molar-refractivity contribution in [3.05, 3.63) is 35.4 Å². The standard InChI is InChI=1S/C14H17NO3S2/c1-2-11(13(17)18)15-12(16)9-3-5-10(6-4-9)14-19-7-8-20-14/h3-6,11,14H,2,7-8H2,1H3,(H,15,16)(H,17,18). The van der Waals surface area contributed by atoms with Crippen LogP contribution in [0.5, 0.6) is 0 Å². The maximum Gasteiger partial charge on any atom is 0.326 e. The quantitative estimate of drug-likeness (QED) is 0.875. The second-order valence-electron chi connectivity index (χ2n) is 4.47. The number of rotatable bonds is 5. The van der Waals surface area contributed by atoms with E-state index in [2.05, 4.69) is 5.32 Å². The number of thioether (sulfide) groups is 2. The second-order valence-corrected chi connectivity index (χ2v) is 7.19. The first kappa shape index (κ1) is 15.3. The van der Waals surface area contributed by atoms with Crippen LogP contribution in [-0.4, -0.2) is 34.5 Å². The third kappa shape index (κ3) is 3.70. The molecule has 0 aliphatic carbocycles. The van der Waals surface area contributed by atoms with Crippen molar-refractivity contribution in [2.75, 3.05) is 11.5 Å². The van der Waals surface area contributed by atoms with Crippen LogP contribution in [0.4, 0.5) is 0 Å². The first-order chi connectivity index (χ1) is 9.61. The molecule has 1 aromatic carbocycles. The van der Waals surface area contributed by atoms with E-state index in [-0.39, 0.29) is 5.91 Å². The number of carbonyl (C=O) groups excluding carboxylic acids is 1. The Bertz CT molecular complexity index is 484. The molecule has 1 atom stereocenters. The lowest BCUT2D eigenvalue weighted by atomic mass is 10.1. The van der Waals surface area contributed by atoms with E-state index >= 15 is 0 Å². The summed E-state index contributed by atoms with van der Waals surface area (Å²) >= 11 is 3.83. The van der Waals surface area contributed by atoms with E-state index in [9.17, 15) is 9.59 Å². The minimum atomic E-state index is -1.00. The van der Waals surface area contributed by atoms with Crippen LogP contribution in [0.1, 0.15) is 33.8 Å². The monoisotopic (exact) mass is 311 g/mol. The fourth-order valence-electron chi connectivity index (χ4n) is 1.92. The molecule has 1 aliphatic rings.